The van der Waals surface area contributed by atoms with E-state index < -0.39 is 6.29 Å². The van der Waals surface area contributed by atoms with Crippen LogP contribution in [0.1, 0.15) is 53.9 Å². The van der Waals surface area contributed by atoms with Crippen molar-refractivity contribution >= 4 is 11.9 Å². The number of allylic oxidation sites excluding steroid dienone is 1. The van der Waals surface area contributed by atoms with Gasteiger partial charge in [0.15, 0.2) is 0 Å². The maximum absolute atomic E-state index is 11.7. The smallest absolute Gasteiger partial charge is 0.304 e. The number of rotatable bonds is 2. The van der Waals surface area contributed by atoms with Crippen molar-refractivity contribution in [2.24, 2.45) is 22.7 Å². The minimum Gasteiger partial charge on any atom is -0.462 e. The molecule has 0 N–H and O–H groups in total. The zero-order chi connectivity index (χ0) is 17.7. The Morgan fingerprint density at radius 1 is 1.17 bits per heavy atom. The van der Waals surface area contributed by atoms with Gasteiger partial charge in [-0.15, -0.1) is 0 Å². The fourth-order valence-corrected chi connectivity index (χ4v) is 5.38. The van der Waals surface area contributed by atoms with Crippen LogP contribution in [-0.4, -0.2) is 30.9 Å². The van der Waals surface area contributed by atoms with Crippen molar-refractivity contribution in [3.63, 3.8) is 0 Å². The molecule has 2 unspecified atom stereocenters. The molecule has 0 aromatic rings. The second-order valence-electron chi connectivity index (χ2n) is 8.33. The first-order chi connectivity index (χ1) is 11.2. The van der Waals surface area contributed by atoms with Gasteiger partial charge in [0.05, 0.1) is 12.5 Å². The number of carbonyl (C=O) groups excluding carboxylic acids is 2. The zero-order valence-corrected chi connectivity index (χ0v) is 15.3. The molecule has 24 heavy (non-hydrogen) atoms. The highest BCUT2D eigenvalue weighted by Crippen LogP contribution is 2.62. The molecule has 2 fully saturated rings. The first kappa shape index (κ1) is 17.5. The van der Waals surface area contributed by atoms with Gasteiger partial charge >= 0.3 is 11.9 Å². The molecule has 5 atom stereocenters. The standard InChI is InChI=1S/C19H28O5/c1-11(20)23-15-8-9-18(3,4)14-7-6-13-10-22-17(24-12(2)21)16(13)19(14,15)5/h6,14-17H,7-10H2,1-5H3/t14?,15-,16?,17+,19-/m1/s1. The molecule has 1 aliphatic heterocycles. The third kappa shape index (κ3) is 2.67. The van der Waals surface area contributed by atoms with Gasteiger partial charge in [0.25, 0.3) is 0 Å². The number of carbonyl (C=O) groups is 2. The molecule has 0 amide bonds. The lowest BCUT2D eigenvalue weighted by Crippen LogP contribution is -2.58. The highest BCUT2D eigenvalue weighted by Gasteiger charge is 2.62. The average Bonchev–Trinajstić information content (AvgIpc) is 2.85. The quantitative estimate of drug-likeness (QED) is 0.572. The lowest BCUT2D eigenvalue weighted by Gasteiger charge is -2.58. The maximum Gasteiger partial charge on any atom is 0.304 e. The van der Waals surface area contributed by atoms with E-state index in [0.717, 1.165) is 19.3 Å². The Morgan fingerprint density at radius 3 is 2.46 bits per heavy atom. The van der Waals surface area contributed by atoms with E-state index in [0.29, 0.717) is 12.5 Å². The number of fused-ring (bicyclic) bond motifs is 3. The summed E-state index contributed by atoms with van der Waals surface area (Å²) < 4.78 is 17.0. The van der Waals surface area contributed by atoms with Crippen LogP contribution in [0.4, 0.5) is 0 Å². The Labute approximate surface area is 143 Å². The van der Waals surface area contributed by atoms with Gasteiger partial charge in [0, 0.05) is 19.3 Å². The van der Waals surface area contributed by atoms with Gasteiger partial charge in [0.1, 0.15) is 6.10 Å². The minimum absolute atomic E-state index is 0.0518. The van der Waals surface area contributed by atoms with Gasteiger partial charge in [-0.25, -0.2) is 0 Å². The molecule has 2 aliphatic carbocycles. The van der Waals surface area contributed by atoms with Crippen LogP contribution in [0.15, 0.2) is 11.6 Å². The van der Waals surface area contributed by atoms with E-state index in [9.17, 15) is 9.59 Å². The molecule has 5 heteroatoms. The summed E-state index contributed by atoms with van der Waals surface area (Å²) in [7, 11) is 0. The SMILES string of the molecule is CC(=O)O[C@@H]1OCC2=CCC3C(C)(C)CC[C@@H](OC(C)=O)[C@]3(C)C21. The highest BCUT2D eigenvalue weighted by atomic mass is 16.7. The minimum atomic E-state index is -0.589. The molecule has 1 saturated heterocycles. The molecular weight excluding hydrogens is 308 g/mol. The van der Waals surface area contributed by atoms with Crippen LogP contribution in [0.2, 0.25) is 0 Å². The van der Waals surface area contributed by atoms with Crippen molar-refractivity contribution in [2.45, 2.75) is 66.3 Å². The molecule has 0 bridgehead atoms. The fourth-order valence-electron chi connectivity index (χ4n) is 5.38. The third-order valence-electron chi connectivity index (χ3n) is 6.40. The van der Waals surface area contributed by atoms with Crippen molar-refractivity contribution in [1.29, 1.82) is 0 Å². The predicted octanol–water partition coefficient (Wildman–Crippen LogP) is 3.23. The summed E-state index contributed by atoms with van der Waals surface area (Å²) in [5.41, 5.74) is 1.01. The van der Waals surface area contributed by atoms with E-state index in [1.807, 2.05) is 0 Å². The summed E-state index contributed by atoms with van der Waals surface area (Å²) in [6, 6.07) is 0. The first-order valence-corrected chi connectivity index (χ1v) is 8.81. The van der Waals surface area contributed by atoms with E-state index in [4.69, 9.17) is 14.2 Å². The Morgan fingerprint density at radius 2 is 1.83 bits per heavy atom. The number of esters is 2. The Bertz CT molecular complexity index is 578. The summed E-state index contributed by atoms with van der Waals surface area (Å²) >= 11 is 0. The maximum atomic E-state index is 11.7. The van der Waals surface area contributed by atoms with Gasteiger partial charge < -0.3 is 14.2 Å². The number of ether oxygens (including phenoxy) is 3. The summed E-state index contributed by atoms with van der Waals surface area (Å²) in [5.74, 6) is -0.300. The van der Waals surface area contributed by atoms with Gasteiger partial charge in [-0.2, -0.15) is 0 Å². The van der Waals surface area contributed by atoms with Crippen molar-refractivity contribution in [2.75, 3.05) is 6.61 Å². The lowest BCUT2D eigenvalue weighted by atomic mass is 9.47. The van der Waals surface area contributed by atoms with Gasteiger partial charge in [-0.3, -0.25) is 9.59 Å². The summed E-state index contributed by atoms with van der Waals surface area (Å²) in [5, 5.41) is 0. The van der Waals surface area contributed by atoms with E-state index in [-0.39, 0.29) is 34.8 Å². The largest absolute Gasteiger partial charge is 0.462 e. The molecule has 1 heterocycles. The molecular formula is C19H28O5. The van der Waals surface area contributed by atoms with Crippen LogP contribution >= 0.6 is 0 Å². The van der Waals surface area contributed by atoms with Gasteiger partial charge in [0.2, 0.25) is 6.29 Å². The molecule has 0 spiro atoms. The topological polar surface area (TPSA) is 61.8 Å². The molecule has 3 rings (SSSR count). The van der Waals surface area contributed by atoms with E-state index in [2.05, 4.69) is 26.8 Å². The van der Waals surface area contributed by atoms with E-state index in [1.165, 1.54) is 19.4 Å². The molecule has 0 aromatic carbocycles. The van der Waals surface area contributed by atoms with Crippen LogP contribution in [0.5, 0.6) is 0 Å². The van der Waals surface area contributed by atoms with Crippen LogP contribution in [0, 0.1) is 22.7 Å². The average molecular weight is 336 g/mol. The molecule has 134 valence electrons. The lowest BCUT2D eigenvalue weighted by molar-refractivity contribution is -0.211. The fraction of sp³-hybridized carbons (Fsp3) is 0.789. The van der Waals surface area contributed by atoms with Crippen molar-refractivity contribution < 1.29 is 23.8 Å². The normalized spacial score (nSPS) is 40.1. The zero-order valence-electron chi connectivity index (χ0n) is 15.3. The van der Waals surface area contributed by atoms with Crippen LogP contribution in [0.3, 0.4) is 0 Å². The van der Waals surface area contributed by atoms with Crippen molar-refractivity contribution in [1.82, 2.24) is 0 Å². The number of hydrogen-bond acceptors (Lipinski definition) is 5. The van der Waals surface area contributed by atoms with Gasteiger partial charge in [-0.05, 0) is 36.2 Å². The predicted molar refractivity (Wildman–Crippen MR) is 87.9 cm³/mol. The highest BCUT2D eigenvalue weighted by molar-refractivity contribution is 5.66. The second-order valence-corrected chi connectivity index (χ2v) is 8.33. The van der Waals surface area contributed by atoms with E-state index >= 15 is 0 Å². The van der Waals surface area contributed by atoms with Crippen LogP contribution < -0.4 is 0 Å². The molecule has 5 nitrogen and oxygen atoms in total. The summed E-state index contributed by atoms with van der Waals surface area (Å²) in [6.45, 7) is 10.1. The second kappa shape index (κ2) is 5.87. The Hall–Kier alpha value is -1.36. The third-order valence-corrected chi connectivity index (χ3v) is 6.40. The summed E-state index contributed by atoms with van der Waals surface area (Å²) in [6.07, 6.45) is 4.27. The number of hydrogen-bond donors (Lipinski definition) is 0. The van der Waals surface area contributed by atoms with Crippen molar-refractivity contribution in [3.05, 3.63) is 11.6 Å². The van der Waals surface area contributed by atoms with E-state index in [1.54, 1.807) is 0 Å². The Kier molecular flexibility index (Phi) is 4.27. The van der Waals surface area contributed by atoms with Crippen LogP contribution in [0.25, 0.3) is 0 Å². The monoisotopic (exact) mass is 336 g/mol. The van der Waals surface area contributed by atoms with Crippen molar-refractivity contribution in [3.8, 4) is 0 Å². The molecule has 3 aliphatic rings. The molecule has 0 radical (unpaired) electrons. The Balaban J connectivity index is 2.03. The summed E-state index contributed by atoms with van der Waals surface area (Å²) in [4.78, 5) is 23.2. The van der Waals surface area contributed by atoms with Crippen LogP contribution in [-0.2, 0) is 23.8 Å². The van der Waals surface area contributed by atoms with Gasteiger partial charge in [-0.1, -0.05) is 26.8 Å². The molecule has 1 saturated carbocycles. The molecule has 0 aromatic heterocycles. The first-order valence-electron chi connectivity index (χ1n) is 8.81.